The highest BCUT2D eigenvalue weighted by atomic mass is 19.4. The maximum Gasteiger partial charge on any atom is 0.417 e. The van der Waals surface area contributed by atoms with Crippen molar-refractivity contribution in [3.8, 4) is 6.07 Å². The summed E-state index contributed by atoms with van der Waals surface area (Å²) in [7, 11) is 0. The van der Waals surface area contributed by atoms with Crippen LogP contribution >= 0.6 is 0 Å². The van der Waals surface area contributed by atoms with Crippen molar-refractivity contribution >= 4 is 17.5 Å². The van der Waals surface area contributed by atoms with Crippen LogP contribution in [0.25, 0.3) is 0 Å². The quantitative estimate of drug-likeness (QED) is 0.663. The topological polar surface area (TPSA) is 90.4 Å². The Kier molecular flexibility index (Phi) is 6.70. The number of benzene rings is 2. The van der Waals surface area contributed by atoms with Gasteiger partial charge in [0.25, 0.3) is 5.91 Å². The fraction of sp³-hybridized carbons (Fsp3) is 0.400. The molecule has 184 valence electrons. The number of carbonyl (C=O) groups is 2. The largest absolute Gasteiger partial charge is 0.417 e. The molecule has 2 aromatic carbocycles. The summed E-state index contributed by atoms with van der Waals surface area (Å²) in [5, 5.41) is 9.04. The molecule has 0 saturated carbocycles. The normalized spacial score (nSPS) is 21.1. The number of nitrogens with zero attached hydrogens (tertiary/aromatic N) is 3. The maximum absolute atomic E-state index is 13.4. The van der Waals surface area contributed by atoms with E-state index in [1.807, 2.05) is 0 Å². The summed E-state index contributed by atoms with van der Waals surface area (Å²) in [6.45, 7) is 1.46. The lowest BCUT2D eigenvalue weighted by atomic mass is 9.78. The van der Waals surface area contributed by atoms with E-state index in [1.54, 1.807) is 15.9 Å². The molecule has 2 fully saturated rings. The molecule has 0 bridgehead atoms. The molecule has 0 aromatic heterocycles. The molecule has 10 heteroatoms. The fourth-order valence-electron chi connectivity index (χ4n) is 5.19. The molecule has 0 spiro atoms. The zero-order valence-electron chi connectivity index (χ0n) is 18.8. The van der Waals surface area contributed by atoms with E-state index in [9.17, 15) is 27.2 Å². The van der Waals surface area contributed by atoms with E-state index in [0.717, 1.165) is 12.1 Å². The Morgan fingerprint density at radius 1 is 1.03 bits per heavy atom. The first-order chi connectivity index (χ1) is 16.6. The second kappa shape index (κ2) is 9.56. The third-order valence-electron chi connectivity index (χ3n) is 7.05. The van der Waals surface area contributed by atoms with Gasteiger partial charge in [-0.2, -0.15) is 18.4 Å². The number of hydrogen-bond donors (Lipinski definition) is 1. The number of piperidine rings is 1. The van der Waals surface area contributed by atoms with Crippen LogP contribution in [0.5, 0.6) is 0 Å². The van der Waals surface area contributed by atoms with E-state index in [-0.39, 0.29) is 30.0 Å². The van der Waals surface area contributed by atoms with Crippen molar-refractivity contribution in [3.63, 3.8) is 0 Å². The second-order valence-electron chi connectivity index (χ2n) is 9.05. The number of carbonyl (C=O) groups excluding carboxylic acids is 2. The predicted octanol–water partition coefficient (Wildman–Crippen LogP) is 3.81. The minimum Gasteiger partial charge on any atom is -0.370 e. The lowest BCUT2D eigenvalue weighted by Crippen LogP contribution is -2.42. The Bertz CT molecular complexity index is 1150. The van der Waals surface area contributed by atoms with Gasteiger partial charge in [-0.15, -0.1) is 0 Å². The van der Waals surface area contributed by atoms with Gasteiger partial charge in [-0.3, -0.25) is 9.59 Å². The first-order valence-electron chi connectivity index (χ1n) is 11.3. The molecule has 4 rings (SSSR count). The van der Waals surface area contributed by atoms with Crippen LogP contribution in [0.3, 0.4) is 0 Å². The Morgan fingerprint density at radius 2 is 1.69 bits per heavy atom. The van der Waals surface area contributed by atoms with Crippen molar-refractivity contribution in [2.24, 2.45) is 23.5 Å². The van der Waals surface area contributed by atoms with Crippen molar-refractivity contribution < 1.29 is 27.2 Å². The molecular formula is C25H24F4N4O2. The standard InChI is InChI=1S/C25H24F4N4O2/c26-18-4-1-16(2-5-18)24(35)32-9-7-15(8-10-32)20-13-33(14-21(20)23(31)34)19-6-3-17(12-30)22(11-19)25(27,28)29/h1-6,11,15,20-21H,7-10,13-14H2,(H2,31,34)/t20-,21+/m0/s1. The van der Waals surface area contributed by atoms with Crippen LogP contribution in [0.1, 0.15) is 34.3 Å². The number of rotatable bonds is 4. The van der Waals surface area contributed by atoms with Gasteiger partial charge in [0.15, 0.2) is 0 Å². The molecule has 0 aliphatic carbocycles. The number of amides is 2. The summed E-state index contributed by atoms with van der Waals surface area (Å²) >= 11 is 0. The molecule has 2 N–H and O–H groups in total. The van der Waals surface area contributed by atoms with Crippen LogP contribution in [0.2, 0.25) is 0 Å². The number of halogens is 4. The van der Waals surface area contributed by atoms with E-state index < -0.39 is 34.9 Å². The average Bonchev–Trinajstić information content (AvgIpc) is 3.29. The number of hydrogen-bond acceptors (Lipinski definition) is 4. The van der Waals surface area contributed by atoms with Crippen LogP contribution in [-0.4, -0.2) is 42.9 Å². The van der Waals surface area contributed by atoms with Gasteiger partial charge in [0.2, 0.25) is 5.91 Å². The number of primary amides is 1. The Balaban J connectivity index is 1.47. The molecule has 35 heavy (non-hydrogen) atoms. The number of anilines is 1. The van der Waals surface area contributed by atoms with Gasteiger partial charge in [0.05, 0.1) is 23.1 Å². The fourth-order valence-corrected chi connectivity index (χ4v) is 5.19. The van der Waals surface area contributed by atoms with Gasteiger partial charge in [0, 0.05) is 37.4 Å². The minimum atomic E-state index is -4.67. The molecule has 2 aromatic rings. The number of alkyl halides is 3. The summed E-state index contributed by atoms with van der Waals surface area (Å²) in [5.74, 6) is -1.76. The number of nitriles is 1. The molecule has 0 unspecified atom stereocenters. The molecule has 2 amide bonds. The van der Waals surface area contributed by atoms with Crippen LogP contribution in [0.4, 0.5) is 23.2 Å². The molecule has 2 atom stereocenters. The first kappa shape index (κ1) is 24.5. The molecular weight excluding hydrogens is 464 g/mol. The minimum absolute atomic E-state index is 0.0650. The van der Waals surface area contributed by atoms with Gasteiger partial charge < -0.3 is 15.5 Å². The van der Waals surface area contributed by atoms with Crippen LogP contribution < -0.4 is 10.6 Å². The highest BCUT2D eigenvalue weighted by Crippen LogP contribution is 2.40. The molecule has 0 radical (unpaired) electrons. The summed E-state index contributed by atoms with van der Waals surface area (Å²) in [5.41, 5.74) is 4.88. The lowest BCUT2D eigenvalue weighted by Gasteiger charge is -2.36. The molecule has 2 aliphatic heterocycles. The summed E-state index contributed by atoms with van der Waals surface area (Å²) in [4.78, 5) is 28.3. The zero-order valence-corrected chi connectivity index (χ0v) is 18.8. The SMILES string of the molecule is N#Cc1ccc(N2C[C@@H](C(N)=O)[C@H](C3CCN(C(=O)c4ccc(F)cc4)CC3)C2)cc1C(F)(F)F. The van der Waals surface area contributed by atoms with Crippen molar-refractivity contribution in [2.45, 2.75) is 19.0 Å². The summed E-state index contributed by atoms with van der Waals surface area (Å²) in [6, 6.07) is 10.5. The van der Waals surface area contributed by atoms with E-state index in [1.165, 1.54) is 30.3 Å². The summed E-state index contributed by atoms with van der Waals surface area (Å²) < 4.78 is 53.4. The molecule has 2 aliphatic rings. The third kappa shape index (κ3) is 5.09. The van der Waals surface area contributed by atoms with Crippen molar-refractivity contribution in [1.82, 2.24) is 4.90 Å². The maximum atomic E-state index is 13.4. The van der Waals surface area contributed by atoms with Gasteiger partial charge in [-0.05, 0) is 67.1 Å². The highest BCUT2D eigenvalue weighted by Gasteiger charge is 2.43. The average molecular weight is 488 g/mol. The number of likely N-dealkylation sites (tertiary alicyclic amines) is 1. The van der Waals surface area contributed by atoms with Gasteiger partial charge >= 0.3 is 6.18 Å². The van der Waals surface area contributed by atoms with E-state index in [2.05, 4.69) is 0 Å². The first-order valence-corrected chi connectivity index (χ1v) is 11.3. The Hall–Kier alpha value is -3.61. The molecule has 2 saturated heterocycles. The highest BCUT2D eigenvalue weighted by molar-refractivity contribution is 5.94. The van der Waals surface area contributed by atoms with Crippen LogP contribution in [-0.2, 0) is 11.0 Å². The number of nitrogens with two attached hydrogens (primary N) is 1. The van der Waals surface area contributed by atoms with E-state index in [4.69, 9.17) is 11.0 Å². The zero-order chi connectivity index (χ0) is 25.3. The monoisotopic (exact) mass is 488 g/mol. The smallest absolute Gasteiger partial charge is 0.370 e. The van der Waals surface area contributed by atoms with Crippen molar-refractivity contribution in [2.75, 3.05) is 31.1 Å². The van der Waals surface area contributed by atoms with Gasteiger partial charge in [-0.25, -0.2) is 4.39 Å². The second-order valence-corrected chi connectivity index (χ2v) is 9.05. The van der Waals surface area contributed by atoms with E-state index in [0.29, 0.717) is 38.0 Å². The van der Waals surface area contributed by atoms with Crippen LogP contribution in [0, 0.1) is 34.9 Å². The van der Waals surface area contributed by atoms with Gasteiger partial charge in [0.1, 0.15) is 5.82 Å². The molecule has 6 nitrogen and oxygen atoms in total. The van der Waals surface area contributed by atoms with Crippen molar-refractivity contribution in [3.05, 3.63) is 65.0 Å². The van der Waals surface area contributed by atoms with Crippen molar-refractivity contribution in [1.29, 1.82) is 5.26 Å². The Labute approximate surface area is 199 Å². The third-order valence-corrected chi connectivity index (χ3v) is 7.05. The predicted molar refractivity (Wildman–Crippen MR) is 120 cm³/mol. The van der Waals surface area contributed by atoms with Crippen LogP contribution in [0.15, 0.2) is 42.5 Å². The lowest BCUT2D eigenvalue weighted by molar-refractivity contribution is -0.137. The summed E-state index contributed by atoms with van der Waals surface area (Å²) in [6.07, 6.45) is -3.43. The molecule has 2 heterocycles. The van der Waals surface area contributed by atoms with Gasteiger partial charge in [-0.1, -0.05) is 0 Å². The van der Waals surface area contributed by atoms with E-state index >= 15 is 0 Å². The Morgan fingerprint density at radius 3 is 2.26 bits per heavy atom.